The number of fused-ring (bicyclic) bond motifs is 1. The molecule has 0 radical (unpaired) electrons. The number of alkyl carbamates (subject to hydrolysis) is 1. The molecule has 4 rings (SSSR count). The van der Waals surface area contributed by atoms with Crippen molar-refractivity contribution in [1.82, 2.24) is 21.3 Å². The summed E-state index contributed by atoms with van der Waals surface area (Å²) >= 11 is 0. The lowest BCUT2D eigenvalue weighted by molar-refractivity contribution is -0.192. The normalized spacial score (nSPS) is 13.9. The van der Waals surface area contributed by atoms with E-state index in [0.29, 0.717) is 32.5 Å². The number of aliphatic carboxylic acids is 1. The largest absolute Gasteiger partial charge is 0.490 e. The molecule has 280 valence electrons. The van der Waals surface area contributed by atoms with Gasteiger partial charge in [-0.3, -0.25) is 14.4 Å². The van der Waals surface area contributed by atoms with E-state index in [1.54, 1.807) is 0 Å². The van der Waals surface area contributed by atoms with Gasteiger partial charge in [0.2, 0.25) is 11.8 Å². The number of nitrogens with one attached hydrogen (secondary N) is 4. The molecule has 12 nitrogen and oxygen atoms in total. The summed E-state index contributed by atoms with van der Waals surface area (Å²) < 4.78 is 42.3. The van der Waals surface area contributed by atoms with Crippen LogP contribution in [0.2, 0.25) is 0 Å². The van der Waals surface area contributed by atoms with Gasteiger partial charge in [-0.25, -0.2) is 9.59 Å². The maximum atomic E-state index is 13.2. The number of alkyl halides is 3. The molecule has 0 bridgehead atoms. The summed E-state index contributed by atoms with van der Waals surface area (Å²) in [6.45, 7) is 1.79. The third kappa shape index (κ3) is 15.6. The lowest BCUT2D eigenvalue weighted by Gasteiger charge is -2.27. The van der Waals surface area contributed by atoms with Gasteiger partial charge in [0.15, 0.2) is 0 Å². The minimum Gasteiger partial charge on any atom is -0.475 e. The number of carboxylic acids is 1. The predicted octanol–water partition coefficient (Wildman–Crippen LogP) is 4.56. The van der Waals surface area contributed by atoms with Gasteiger partial charge in [-0.05, 0) is 54.4 Å². The molecule has 0 unspecified atom stereocenters. The number of carboxylic acid groups (broad SMARTS) is 1. The van der Waals surface area contributed by atoms with Crippen LogP contribution in [-0.2, 0) is 54.8 Å². The zero-order chi connectivity index (χ0) is 37.8. The van der Waals surface area contributed by atoms with Crippen LogP contribution >= 0.6 is 0 Å². The van der Waals surface area contributed by atoms with Crippen LogP contribution in [0.5, 0.6) is 0 Å². The van der Waals surface area contributed by atoms with E-state index in [1.807, 2.05) is 84.9 Å². The standard InChI is InChI=1S/C35H42N4O6.C2HF3O2/c40-32(44-24-26-12-4-1-5-13-26)19-18-30(39-34(42)31-22-28-16-8-9-17-29(28)23-38-31)33(41)36-20-10-3-11-21-37-35(43)45-25-27-14-6-2-7-15-27;3-2(4,5)1(6)7/h1-2,4-9,12-17,30-31,38H,3,10-11,18-25H2,(H,36,41)(H,37,43)(H,39,42);(H,6,7)/t30-,31-;/m0./s1. The third-order valence-corrected chi connectivity index (χ3v) is 7.79. The quantitative estimate of drug-likeness (QED) is 0.105. The molecule has 3 amide bonds. The number of hydrogen-bond acceptors (Lipinski definition) is 8. The molecule has 3 aromatic rings. The molecule has 0 saturated heterocycles. The first-order chi connectivity index (χ1) is 24.9. The monoisotopic (exact) mass is 728 g/mol. The maximum Gasteiger partial charge on any atom is 0.490 e. The first kappa shape index (κ1) is 41.0. The summed E-state index contributed by atoms with van der Waals surface area (Å²) in [6, 6.07) is 25.4. The number of benzene rings is 3. The summed E-state index contributed by atoms with van der Waals surface area (Å²) in [5.74, 6) is -3.83. The number of ether oxygens (including phenoxy) is 2. The van der Waals surface area contributed by atoms with Gasteiger partial charge >= 0.3 is 24.2 Å². The van der Waals surface area contributed by atoms with Crippen molar-refractivity contribution in [2.75, 3.05) is 13.1 Å². The molecule has 1 aliphatic rings. The highest BCUT2D eigenvalue weighted by molar-refractivity contribution is 5.90. The Kier molecular flexibility index (Phi) is 17.1. The highest BCUT2D eigenvalue weighted by Crippen LogP contribution is 2.17. The number of halogens is 3. The van der Waals surface area contributed by atoms with Crippen molar-refractivity contribution in [1.29, 1.82) is 0 Å². The molecular formula is C37H43F3N4O8. The molecule has 0 aromatic heterocycles. The van der Waals surface area contributed by atoms with Crippen molar-refractivity contribution in [2.45, 2.75) is 76.5 Å². The van der Waals surface area contributed by atoms with Crippen LogP contribution in [0, 0.1) is 0 Å². The number of hydrogen-bond donors (Lipinski definition) is 5. The van der Waals surface area contributed by atoms with E-state index in [1.165, 1.54) is 0 Å². The van der Waals surface area contributed by atoms with E-state index in [-0.39, 0.29) is 37.9 Å². The van der Waals surface area contributed by atoms with E-state index >= 15 is 0 Å². The summed E-state index contributed by atoms with van der Waals surface area (Å²) in [4.78, 5) is 59.6. The molecule has 3 aromatic carbocycles. The van der Waals surface area contributed by atoms with Gasteiger partial charge in [-0.1, -0.05) is 84.9 Å². The Bertz CT molecular complexity index is 1590. The Morgan fingerprint density at radius 3 is 1.90 bits per heavy atom. The van der Waals surface area contributed by atoms with Crippen molar-refractivity contribution >= 4 is 29.8 Å². The van der Waals surface area contributed by atoms with Crippen LogP contribution in [0.3, 0.4) is 0 Å². The lowest BCUT2D eigenvalue weighted by Crippen LogP contribution is -2.54. The SMILES string of the molecule is O=C(CC[C@H](NC(=O)[C@@H]1Cc2ccccc2CN1)C(=O)NCCCCCNC(=O)OCc1ccccc1)OCc1ccccc1.O=C(O)C(F)(F)F. The minimum absolute atomic E-state index is 0.0157. The van der Waals surface area contributed by atoms with Crippen LogP contribution in [0.15, 0.2) is 84.9 Å². The number of rotatable bonds is 16. The highest BCUT2D eigenvalue weighted by atomic mass is 19.4. The molecule has 0 spiro atoms. The topological polar surface area (TPSA) is 172 Å². The van der Waals surface area contributed by atoms with Crippen LogP contribution in [0.4, 0.5) is 18.0 Å². The van der Waals surface area contributed by atoms with Crippen molar-refractivity contribution in [2.24, 2.45) is 0 Å². The minimum atomic E-state index is -5.08. The summed E-state index contributed by atoms with van der Waals surface area (Å²) in [5.41, 5.74) is 4.04. The van der Waals surface area contributed by atoms with E-state index in [2.05, 4.69) is 21.3 Å². The van der Waals surface area contributed by atoms with Gasteiger partial charge in [-0.2, -0.15) is 13.2 Å². The fraction of sp³-hybridized carbons (Fsp3) is 0.378. The van der Waals surface area contributed by atoms with Gasteiger partial charge in [-0.15, -0.1) is 0 Å². The summed E-state index contributed by atoms with van der Waals surface area (Å²) in [7, 11) is 0. The Hall–Kier alpha value is -5.44. The van der Waals surface area contributed by atoms with E-state index in [9.17, 15) is 32.3 Å². The second-order valence-electron chi connectivity index (χ2n) is 11.8. The van der Waals surface area contributed by atoms with Crippen LogP contribution in [-0.4, -0.2) is 66.3 Å². The highest BCUT2D eigenvalue weighted by Gasteiger charge is 2.38. The molecule has 2 atom stereocenters. The van der Waals surface area contributed by atoms with E-state index in [4.69, 9.17) is 19.4 Å². The van der Waals surface area contributed by atoms with Gasteiger partial charge in [0.25, 0.3) is 0 Å². The molecule has 1 heterocycles. The molecule has 5 N–H and O–H groups in total. The first-order valence-electron chi connectivity index (χ1n) is 16.7. The Balaban J connectivity index is 0.000000944. The average Bonchev–Trinajstić information content (AvgIpc) is 3.14. The molecule has 0 saturated carbocycles. The van der Waals surface area contributed by atoms with Crippen LogP contribution in [0.1, 0.15) is 54.4 Å². The smallest absolute Gasteiger partial charge is 0.475 e. The number of amides is 3. The van der Waals surface area contributed by atoms with E-state index in [0.717, 1.165) is 35.1 Å². The fourth-order valence-electron chi connectivity index (χ4n) is 4.98. The van der Waals surface area contributed by atoms with Crippen LogP contribution < -0.4 is 21.3 Å². The number of esters is 1. The molecule has 0 fully saturated rings. The molecular weight excluding hydrogens is 685 g/mol. The van der Waals surface area contributed by atoms with Crippen molar-refractivity contribution < 1.29 is 51.7 Å². The maximum absolute atomic E-state index is 13.2. The number of carbonyl (C=O) groups is 5. The van der Waals surface area contributed by atoms with Crippen molar-refractivity contribution in [3.8, 4) is 0 Å². The zero-order valence-electron chi connectivity index (χ0n) is 28.5. The van der Waals surface area contributed by atoms with E-state index < -0.39 is 36.3 Å². The number of carbonyl (C=O) groups excluding carboxylic acids is 4. The third-order valence-electron chi connectivity index (χ3n) is 7.79. The van der Waals surface area contributed by atoms with Gasteiger partial charge < -0.3 is 35.8 Å². The molecule has 15 heteroatoms. The Morgan fingerprint density at radius 2 is 1.31 bits per heavy atom. The average molecular weight is 729 g/mol. The van der Waals surface area contributed by atoms with Crippen molar-refractivity contribution in [3.63, 3.8) is 0 Å². The molecule has 0 aliphatic carbocycles. The fourth-order valence-corrected chi connectivity index (χ4v) is 4.98. The van der Waals surface area contributed by atoms with Crippen molar-refractivity contribution in [3.05, 3.63) is 107 Å². The molecule has 52 heavy (non-hydrogen) atoms. The summed E-state index contributed by atoms with van der Waals surface area (Å²) in [6.07, 6.45) is -2.76. The van der Waals surface area contributed by atoms with Gasteiger partial charge in [0.05, 0.1) is 6.04 Å². The summed E-state index contributed by atoms with van der Waals surface area (Å²) in [5, 5.41) is 18.9. The molecule has 1 aliphatic heterocycles. The zero-order valence-corrected chi connectivity index (χ0v) is 28.5. The Morgan fingerprint density at radius 1 is 0.769 bits per heavy atom. The van der Waals surface area contributed by atoms with Crippen LogP contribution in [0.25, 0.3) is 0 Å². The predicted molar refractivity (Wildman–Crippen MR) is 183 cm³/mol. The number of unbranched alkanes of at least 4 members (excludes halogenated alkanes) is 2. The first-order valence-corrected chi connectivity index (χ1v) is 16.7. The lowest BCUT2D eigenvalue weighted by atomic mass is 9.95. The second-order valence-corrected chi connectivity index (χ2v) is 11.8. The van der Waals surface area contributed by atoms with Gasteiger partial charge in [0, 0.05) is 26.1 Å². The second kappa shape index (κ2) is 21.7. The van der Waals surface area contributed by atoms with Gasteiger partial charge in [0.1, 0.15) is 19.3 Å². The Labute approximate surface area is 299 Å².